The van der Waals surface area contributed by atoms with Gasteiger partial charge in [-0.05, 0) is 61.8 Å². The van der Waals surface area contributed by atoms with Gasteiger partial charge in [-0.1, -0.05) is 37.6 Å². The molecule has 0 spiro atoms. The number of hydrogen-bond acceptors (Lipinski definition) is 4. The van der Waals surface area contributed by atoms with Crippen LogP contribution in [0.3, 0.4) is 0 Å². The van der Waals surface area contributed by atoms with Crippen molar-refractivity contribution in [2.45, 2.75) is 70.8 Å². The first-order valence-corrected chi connectivity index (χ1v) is 13.7. The van der Waals surface area contributed by atoms with E-state index in [0.717, 1.165) is 56.5 Å². The molecule has 1 heterocycles. The summed E-state index contributed by atoms with van der Waals surface area (Å²) in [5.74, 6) is 0.236. The number of carbonyl (C=O) groups is 2. The highest BCUT2D eigenvalue weighted by atomic mass is 32.1. The molecule has 3 amide bonds. The van der Waals surface area contributed by atoms with Crippen LogP contribution in [-0.4, -0.2) is 52.7 Å². The maximum atomic E-state index is 13.6. The number of alkyl halides is 3. The molecule has 10 heteroatoms. The Bertz CT molecular complexity index is 1070. The number of nitrogens with one attached hydrogen (secondary N) is 2. The first-order valence-electron chi connectivity index (χ1n) is 13.1. The smallest absolute Gasteiger partial charge is 0.326 e. The fourth-order valence-electron chi connectivity index (χ4n) is 4.85. The lowest BCUT2D eigenvalue weighted by atomic mass is 9.99. The first-order chi connectivity index (χ1) is 18.1. The summed E-state index contributed by atoms with van der Waals surface area (Å²) in [5, 5.41) is 5.57. The topological polar surface area (TPSA) is 64.7 Å². The number of nitrogens with zero attached hydrogens (tertiary/aromatic N) is 2. The molecular formula is C28H37F3N4O2S. The van der Waals surface area contributed by atoms with E-state index in [2.05, 4.69) is 42.0 Å². The number of thiol groups is 1. The third kappa shape index (κ3) is 8.39. The normalized spacial score (nSPS) is 15.6. The number of anilines is 2. The van der Waals surface area contributed by atoms with Crippen molar-refractivity contribution < 1.29 is 22.8 Å². The molecule has 2 aromatic carbocycles. The standard InChI is InChI=1S/C28H37F3N4O2S/c1-3-7-20(2)34-15-12-24(13-16-34)35(19-21-8-4-5-11-25(21)33-26(36)14-17-38)27(37)32-23-10-6-9-22(18-23)28(29,30)31/h4-6,8-11,18,20,24,38H,3,7,12-17,19H2,1-2H3,(H,32,37)(H,33,36)/t20-/m1/s1. The number of carbonyl (C=O) groups excluding carboxylic acids is 2. The maximum Gasteiger partial charge on any atom is 0.416 e. The van der Waals surface area contributed by atoms with Crippen LogP contribution in [0, 0.1) is 0 Å². The van der Waals surface area contributed by atoms with Gasteiger partial charge in [-0.2, -0.15) is 25.8 Å². The highest BCUT2D eigenvalue weighted by molar-refractivity contribution is 7.80. The molecule has 2 aromatic rings. The Kier molecular flexibility index (Phi) is 10.9. The molecule has 0 aliphatic carbocycles. The molecule has 0 bridgehead atoms. The van der Waals surface area contributed by atoms with E-state index in [1.54, 1.807) is 17.0 Å². The van der Waals surface area contributed by atoms with Gasteiger partial charge in [-0.3, -0.25) is 4.79 Å². The number of rotatable bonds is 10. The Hall–Kier alpha value is -2.72. The Labute approximate surface area is 228 Å². The second-order valence-electron chi connectivity index (χ2n) is 9.72. The van der Waals surface area contributed by atoms with Crippen molar-refractivity contribution in [2.24, 2.45) is 0 Å². The van der Waals surface area contributed by atoms with Gasteiger partial charge < -0.3 is 20.4 Å². The van der Waals surface area contributed by atoms with Crippen molar-refractivity contribution in [1.29, 1.82) is 0 Å². The van der Waals surface area contributed by atoms with Gasteiger partial charge in [0, 0.05) is 49.5 Å². The van der Waals surface area contributed by atoms with Gasteiger partial charge in [0.1, 0.15) is 0 Å². The molecule has 6 nitrogen and oxygen atoms in total. The summed E-state index contributed by atoms with van der Waals surface area (Å²) in [7, 11) is 0. The van der Waals surface area contributed by atoms with Crippen LogP contribution < -0.4 is 10.6 Å². The van der Waals surface area contributed by atoms with Crippen LogP contribution >= 0.6 is 12.6 Å². The minimum absolute atomic E-state index is 0.0826. The number of piperidine rings is 1. The van der Waals surface area contributed by atoms with Crippen LogP contribution in [0.25, 0.3) is 0 Å². The minimum atomic E-state index is -4.51. The highest BCUT2D eigenvalue weighted by Gasteiger charge is 2.32. The minimum Gasteiger partial charge on any atom is -0.326 e. The fourth-order valence-corrected chi connectivity index (χ4v) is 5.05. The van der Waals surface area contributed by atoms with Crippen LogP contribution in [0.1, 0.15) is 57.1 Å². The Balaban J connectivity index is 1.83. The SMILES string of the molecule is CCC[C@@H](C)N1CCC(N(Cc2ccccc2NC(=O)CCS)C(=O)Nc2cccc(C(F)(F)F)c2)CC1. The summed E-state index contributed by atoms with van der Waals surface area (Å²) in [6.45, 7) is 6.25. The summed E-state index contributed by atoms with van der Waals surface area (Å²) < 4.78 is 39.7. The molecule has 1 fully saturated rings. The Morgan fingerprint density at radius 3 is 2.47 bits per heavy atom. The summed E-state index contributed by atoms with van der Waals surface area (Å²) in [6.07, 6.45) is -0.555. The monoisotopic (exact) mass is 550 g/mol. The molecule has 208 valence electrons. The van der Waals surface area contributed by atoms with Gasteiger partial charge in [0.15, 0.2) is 0 Å². The summed E-state index contributed by atoms with van der Waals surface area (Å²) in [5.41, 5.74) is 0.614. The zero-order valence-electron chi connectivity index (χ0n) is 21.9. The summed E-state index contributed by atoms with van der Waals surface area (Å²) in [4.78, 5) is 29.9. The van der Waals surface area contributed by atoms with Crippen LogP contribution in [-0.2, 0) is 17.5 Å². The number of para-hydroxylation sites is 1. The molecule has 0 saturated carbocycles. The molecule has 1 aliphatic rings. The molecule has 38 heavy (non-hydrogen) atoms. The van der Waals surface area contributed by atoms with Crippen molar-refractivity contribution in [3.05, 3.63) is 59.7 Å². The van der Waals surface area contributed by atoms with Crippen LogP contribution in [0.15, 0.2) is 48.5 Å². The Morgan fingerprint density at radius 1 is 1.11 bits per heavy atom. The molecule has 0 unspecified atom stereocenters. The van der Waals surface area contributed by atoms with Crippen LogP contribution in [0.5, 0.6) is 0 Å². The molecule has 3 rings (SSSR count). The zero-order chi connectivity index (χ0) is 27.7. The van der Waals surface area contributed by atoms with E-state index in [4.69, 9.17) is 0 Å². The van der Waals surface area contributed by atoms with Gasteiger partial charge in [0.2, 0.25) is 5.91 Å². The fraction of sp³-hybridized carbons (Fsp3) is 0.500. The van der Waals surface area contributed by atoms with Gasteiger partial charge in [-0.15, -0.1) is 0 Å². The van der Waals surface area contributed by atoms with E-state index >= 15 is 0 Å². The molecular weight excluding hydrogens is 513 g/mol. The van der Waals surface area contributed by atoms with Gasteiger partial charge in [-0.25, -0.2) is 4.79 Å². The molecule has 1 aliphatic heterocycles. The number of amides is 3. The van der Waals surface area contributed by atoms with Crippen molar-refractivity contribution in [1.82, 2.24) is 9.80 Å². The van der Waals surface area contributed by atoms with E-state index in [1.807, 2.05) is 12.1 Å². The highest BCUT2D eigenvalue weighted by Crippen LogP contribution is 2.31. The third-order valence-electron chi connectivity index (χ3n) is 6.94. The second kappa shape index (κ2) is 13.9. The zero-order valence-corrected chi connectivity index (χ0v) is 22.8. The number of urea groups is 1. The third-order valence-corrected chi connectivity index (χ3v) is 7.17. The van der Waals surface area contributed by atoms with Crippen molar-refractivity contribution >= 4 is 35.9 Å². The van der Waals surface area contributed by atoms with Crippen LogP contribution in [0.4, 0.5) is 29.3 Å². The predicted molar refractivity (Wildman–Crippen MR) is 149 cm³/mol. The average Bonchev–Trinajstić information content (AvgIpc) is 2.88. The summed E-state index contributed by atoms with van der Waals surface area (Å²) >= 11 is 4.11. The van der Waals surface area contributed by atoms with Crippen molar-refractivity contribution in [2.75, 3.05) is 29.5 Å². The molecule has 1 atom stereocenters. The quantitative estimate of drug-likeness (QED) is 0.290. The lowest BCUT2D eigenvalue weighted by molar-refractivity contribution is -0.137. The van der Waals surface area contributed by atoms with E-state index in [9.17, 15) is 22.8 Å². The molecule has 0 radical (unpaired) electrons. The molecule has 2 N–H and O–H groups in total. The van der Waals surface area contributed by atoms with Crippen molar-refractivity contribution in [3.8, 4) is 0 Å². The van der Waals surface area contributed by atoms with Crippen LogP contribution in [0.2, 0.25) is 0 Å². The second-order valence-corrected chi connectivity index (χ2v) is 10.2. The number of hydrogen-bond donors (Lipinski definition) is 3. The predicted octanol–water partition coefficient (Wildman–Crippen LogP) is 6.65. The summed E-state index contributed by atoms with van der Waals surface area (Å²) in [6, 6.07) is 11.8. The van der Waals surface area contributed by atoms with E-state index in [1.165, 1.54) is 12.1 Å². The number of benzene rings is 2. The van der Waals surface area contributed by atoms with Crippen molar-refractivity contribution in [3.63, 3.8) is 0 Å². The molecule has 1 saturated heterocycles. The Morgan fingerprint density at radius 2 is 1.82 bits per heavy atom. The van der Waals surface area contributed by atoms with Gasteiger partial charge in [0.25, 0.3) is 0 Å². The van der Waals surface area contributed by atoms with Gasteiger partial charge >= 0.3 is 12.2 Å². The van der Waals surface area contributed by atoms with E-state index in [0.29, 0.717) is 17.5 Å². The lowest BCUT2D eigenvalue weighted by Crippen LogP contribution is -2.50. The molecule has 0 aromatic heterocycles. The number of likely N-dealkylation sites (tertiary alicyclic amines) is 1. The average molecular weight is 551 g/mol. The van der Waals surface area contributed by atoms with E-state index in [-0.39, 0.29) is 30.6 Å². The van der Waals surface area contributed by atoms with Gasteiger partial charge in [0.05, 0.1) is 5.56 Å². The van der Waals surface area contributed by atoms with E-state index < -0.39 is 17.8 Å². The lowest BCUT2D eigenvalue weighted by Gasteiger charge is -2.41. The first kappa shape index (κ1) is 29.8. The largest absolute Gasteiger partial charge is 0.416 e. The maximum absolute atomic E-state index is 13.6. The number of halogens is 3.